The van der Waals surface area contributed by atoms with Gasteiger partial charge in [-0.25, -0.2) is 0 Å². The summed E-state index contributed by atoms with van der Waals surface area (Å²) >= 11 is 4.77. The SMILES string of the molecule is CC(C)CC(C)(CN)NC(=O)c1cc(Br)cs1. The maximum absolute atomic E-state index is 12.0. The lowest BCUT2D eigenvalue weighted by atomic mass is 9.90. The summed E-state index contributed by atoms with van der Waals surface area (Å²) in [5, 5.41) is 4.93. The van der Waals surface area contributed by atoms with E-state index in [0.717, 1.165) is 10.9 Å². The van der Waals surface area contributed by atoms with Gasteiger partial charge < -0.3 is 11.1 Å². The van der Waals surface area contributed by atoms with Crippen LogP contribution in [0.1, 0.15) is 36.9 Å². The van der Waals surface area contributed by atoms with Gasteiger partial charge in [0.1, 0.15) is 0 Å². The lowest BCUT2D eigenvalue weighted by Gasteiger charge is -2.31. The standard InChI is InChI=1S/C12H19BrN2OS/c1-8(2)5-12(3,7-14)15-11(16)10-4-9(13)6-17-10/h4,6,8H,5,7,14H2,1-3H3,(H,15,16). The van der Waals surface area contributed by atoms with Crippen molar-refractivity contribution in [2.75, 3.05) is 6.54 Å². The number of nitrogens with two attached hydrogens (primary N) is 1. The molecule has 1 unspecified atom stereocenters. The van der Waals surface area contributed by atoms with Gasteiger partial charge in [-0.3, -0.25) is 4.79 Å². The topological polar surface area (TPSA) is 55.1 Å². The summed E-state index contributed by atoms with van der Waals surface area (Å²) in [5.74, 6) is 0.452. The fraction of sp³-hybridized carbons (Fsp3) is 0.583. The van der Waals surface area contributed by atoms with Gasteiger partial charge in [-0.05, 0) is 41.3 Å². The monoisotopic (exact) mass is 318 g/mol. The van der Waals surface area contributed by atoms with Crippen LogP contribution in [0.3, 0.4) is 0 Å². The zero-order valence-electron chi connectivity index (χ0n) is 10.4. The van der Waals surface area contributed by atoms with E-state index in [1.807, 2.05) is 18.4 Å². The molecular weight excluding hydrogens is 300 g/mol. The van der Waals surface area contributed by atoms with E-state index in [1.54, 1.807) is 0 Å². The summed E-state index contributed by atoms with van der Waals surface area (Å²) in [6.07, 6.45) is 0.877. The number of nitrogens with one attached hydrogen (secondary N) is 1. The molecule has 0 saturated carbocycles. The van der Waals surface area contributed by atoms with Gasteiger partial charge in [-0.15, -0.1) is 11.3 Å². The molecule has 3 N–H and O–H groups in total. The van der Waals surface area contributed by atoms with Crippen molar-refractivity contribution in [3.8, 4) is 0 Å². The number of halogens is 1. The van der Waals surface area contributed by atoms with Gasteiger partial charge in [-0.1, -0.05) is 13.8 Å². The second kappa shape index (κ2) is 5.98. The van der Waals surface area contributed by atoms with Gasteiger partial charge in [0.25, 0.3) is 5.91 Å². The molecule has 0 fully saturated rings. The highest BCUT2D eigenvalue weighted by Crippen LogP contribution is 2.21. The number of thiophene rings is 1. The number of carbonyl (C=O) groups excluding carboxylic acids is 1. The molecule has 1 aromatic heterocycles. The van der Waals surface area contributed by atoms with Crippen molar-refractivity contribution in [2.24, 2.45) is 11.7 Å². The molecule has 0 aromatic carbocycles. The maximum Gasteiger partial charge on any atom is 0.261 e. The number of rotatable bonds is 5. The highest BCUT2D eigenvalue weighted by atomic mass is 79.9. The molecule has 1 atom stereocenters. The fourth-order valence-electron chi connectivity index (χ4n) is 1.85. The minimum Gasteiger partial charge on any atom is -0.345 e. The van der Waals surface area contributed by atoms with Crippen LogP contribution in [0.15, 0.2) is 15.9 Å². The lowest BCUT2D eigenvalue weighted by Crippen LogP contribution is -2.52. The summed E-state index contributed by atoms with van der Waals surface area (Å²) in [6, 6.07) is 1.83. The Morgan fingerprint density at radius 3 is 2.71 bits per heavy atom. The molecule has 0 spiro atoms. The molecule has 3 nitrogen and oxygen atoms in total. The molecular formula is C12H19BrN2OS. The molecule has 5 heteroatoms. The second-order valence-corrected chi connectivity index (χ2v) is 6.77. The third-order valence-electron chi connectivity index (χ3n) is 2.52. The van der Waals surface area contributed by atoms with Gasteiger partial charge in [0.05, 0.1) is 10.4 Å². The zero-order chi connectivity index (χ0) is 13.1. The Bertz CT molecular complexity index is 392. The van der Waals surface area contributed by atoms with Gasteiger partial charge in [0, 0.05) is 16.4 Å². The van der Waals surface area contributed by atoms with Crippen LogP contribution in [0, 0.1) is 5.92 Å². The van der Waals surface area contributed by atoms with Crippen molar-refractivity contribution in [1.29, 1.82) is 0 Å². The van der Waals surface area contributed by atoms with E-state index in [9.17, 15) is 4.79 Å². The molecule has 17 heavy (non-hydrogen) atoms. The third-order valence-corrected chi connectivity index (χ3v) is 4.21. The molecule has 96 valence electrons. The Morgan fingerprint density at radius 1 is 1.65 bits per heavy atom. The first-order chi connectivity index (χ1) is 7.86. The van der Waals surface area contributed by atoms with E-state index < -0.39 is 0 Å². The van der Waals surface area contributed by atoms with E-state index in [-0.39, 0.29) is 11.4 Å². The van der Waals surface area contributed by atoms with Crippen molar-refractivity contribution in [2.45, 2.75) is 32.7 Å². The third kappa shape index (κ3) is 4.41. The molecule has 0 saturated heterocycles. The van der Waals surface area contributed by atoms with E-state index in [4.69, 9.17) is 5.73 Å². The maximum atomic E-state index is 12.0. The average molecular weight is 319 g/mol. The quantitative estimate of drug-likeness (QED) is 0.876. The van der Waals surface area contributed by atoms with Crippen LogP contribution in [0.25, 0.3) is 0 Å². The van der Waals surface area contributed by atoms with Crippen molar-refractivity contribution in [3.63, 3.8) is 0 Å². The van der Waals surface area contributed by atoms with E-state index >= 15 is 0 Å². The first-order valence-electron chi connectivity index (χ1n) is 5.63. The minimum absolute atomic E-state index is 0.0469. The van der Waals surface area contributed by atoms with E-state index in [0.29, 0.717) is 17.3 Å². The molecule has 1 heterocycles. The van der Waals surface area contributed by atoms with Crippen LogP contribution in [-0.4, -0.2) is 18.0 Å². The molecule has 0 aliphatic rings. The van der Waals surface area contributed by atoms with Crippen molar-refractivity contribution >= 4 is 33.2 Å². The minimum atomic E-state index is -0.332. The highest BCUT2D eigenvalue weighted by molar-refractivity contribution is 9.10. The number of hydrogen-bond acceptors (Lipinski definition) is 3. The molecule has 0 aliphatic carbocycles. The van der Waals surface area contributed by atoms with Crippen LogP contribution in [0.4, 0.5) is 0 Å². The number of amides is 1. The summed E-state index contributed by atoms with van der Waals surface area (Å²) in [7, 11) is 0. The Labute approximate surface area is 115 Å². The van der Waals surface area contributed by atoms with Crippen molar-refractivity contribution in [3.05, 3.63) is 20.8 Å². The van der Waals surface area contributed by atoms with Crippen LogP contribution >= 0.6 is 27.3 Å². The smallest absolute Gasteiger partial charge is 0.261 e. The Morgan fingerprint density at radius 2 is 2.29 bits per heavy atom. The molecule has 0 aliphatic heterocycles. The Kier molecular flexibility index (Phi) is 5.16. The molecule has 1 rings (SSSR count). The first kappa shape index (κ1) is 14.7. The van der Waals surface area contributed by atoms with Crippen LogP contribution in [0.5, 0.6) is 0 Å². The second-order valence-electron chi connectivity index (χ2n) is 4.95. The highest BCUT2D eigenvalue weighted by Gasteiger charge is 2.26. The van der Waals surface area contributed by atoms with E-state index in [1.165, 1.54) is 11.3 Å². The summed E-state index contributed by atoms with van der Waals surface area (Å²) in [5.41, 5.74) is 5.43. The first-order valence-corrected chi connectivity index (χ1v) is 7.30. The van der Waals surface area contributed by atoms with Crippen LogP contribution in [-0.2, 0) is 0 Å². The van der Waals surface area contributed by atoms with E-state index in [2.05, 4.69) is 35.1 Å². The molecule has 0 bridgehead atoms. The fourth-order valence-corrected chi connectivity index (χ4v) is 3.18. The summed E-state index contributed by atoms with van der Waals surface area (Å²) < 4.78 is 0.936. The van der Waals surface area contributed by atoms with Crippen LogP contribution < -0.4 is 11.1 Å². The average Bonchev–Trinajstić information content (AvgIpc) is 2.63. The Hall–Kier alpha value is -0.390. The number of hydrogen-bond donors (Lipinski definition) is 2. The van der Waals surface area contributed by atoms with Crippen molar-refractivity contribution in [1.82, 2.24) is 5.32 Å². The van der Waals surface area contributed by atoms with Gasteiger partial charge >= 0.3 is 0 Å². The summed E-state index contributed by atoms with van der Waals surface area (Å²) in [6.45, 7) is 6.70. The van der Waals surface area contributed by atoms with Crippen LogP contribution in [0.2, 0.25) is 0 Å². The normalized spacial score (nSPS) is 14.7. The molecule has 1 amide bonds. The Balaban J connectivity index is 2.71. The van der Waals surface area contributed by atoms with Gasteiger partial charge in [-0.2, -0.15) is 0 Å². The largest absolute Gasteiger partial charge is 0.345 e. The predicted molar refractivity (Wildman–Crippen MR) is 76.4 cm³/mol. The molecule has 0 radical (unpaired) electrons. The summed E-state index contributed by atoms with van der Waals surface area (Å²) in [4.78, 5) is 12.7. The van der Waals surface area contributed by atoms with Gasteiger partial charge in [0.15, 0.2) is 0 Å². The zero-order valence-corrected chi connectivity index (χ0v) is 12.8. The van der Waals surface area contributed by atoms with Gasteiger partial charge in [0.2, 0.25) is 0 Å². The van der Waals surface area contributed by atoms with Crippen molar-refractivity contribution < 1.29 is 4.79 Å². The lowest BCUT2D eigenvalue weighted by molar-refractivity contribution is 0.0902. The molecule has 1 aromatic rings. The number of carbonyl (C=O) groups is 1. The predicted octanol–water partition coefficient (Wildman–Crippen LogP) is 3.00.